The van der Waals surface area contributed by atoms with Gasteiger partial charge in [-0.1, -0.05) is 6.07 Å². The number of aromatic hydroxyl groups is 1. The molecule has 0 bridgehead atoms. The molecule has 3 N–H and O–H groups in total. The highest BCUT2D eigenvalue weighted by molar-refractivity contribution is 5.54. The predicted octanol–water partition coefficient (Wildman–Crippen LogP) is 1.02. The van der Waals surface area contributed by atoms with Crippen LogP contribution < -0.4 is 4.90 Å². The van der Waals surface area contributed by atoms with Gasteiger partial charge in [0.25, 0.3) is 0 Å². The first kappa shape index (κ1) is 11.2. The second-order valence-electron chi connectivity index (χ2n) is 4.31. The molecule has 1 heterocycles. The van der Waals surface area contributed by atoms with E-state index in [1.807, 2.05) is 11.0 Å². The van der Waals surface area contributed by atoms with Gasteiger partial charge in [-0.05, 0) is 19.4 Å². The van der Waals surface area contributed by atoms with Crippen molar-refractivity contribution in [3.05, 3.63) is 23.8 Å². The van der Waals surface area contributed by atoms with Gasteiger partial charge in [-0.3, -0.25) is 0 Å². The van der Waals surface area contributed by atoms with Gasteiger partial charge in [0.2, 0.25) is 0 Å². The molecule has 0 spiro atoms. The van der Waals surface area contributed by atoms with E-state index >= 15 is 0 Å². The lowest BCUT2D eigenvalue weighted by Gasteiger charge is -2.19. The van der Waals surface area contributed by atoms with E-state index in [9.17, 15) is 15.3 Å². The molecule has 88 valence electrons. The first-order chi connectivity index (χ1) is 7.58. The number of aliphatic hydroxyl groups is 2. The maximum Gasteiger partial charge on any atom is 0.123 e. The molecule has 1 aliphatic heterocycles. The summed E-state index contributed by atoms with van der Waals surface area (Å²) in [6.45, 7) is 3.02. The summed E-state index contributed by atoms with van der Waals surface area (Å²) in [5.74, 6) is 0.105. The molecule has 16 heavy (non-hydrogen) atoms. The van der Waals surface area contributed by atoms with Crippen molar-refractivity contribution in [2.75, 3.05) is 18.0 Å². The summed E-state index contributed by atoms with van der Waals surface area (Å²) < 4.78 is 0. The zero-order valence-electron chi connectivity index (χ0n) is 9.30. The molecule has 4 nitrogen and oxygen atoms in total. The molecule has 0 radical (unpaired) electrons. The van der Waals surface area contributed by atoms with Crippen LogP contribution in [-0.4, -0.2) is 34.5 Å². The van der Waals surface area contributed by atoms with Crippen LogP contribution in [0.5, 0.6) is 5.75 Å². The van der Waals surface area contributed by atoms with Crippen molar-refractivity contribution < 1.29 is 15.3 Å². The summed E-state index contributed by atoms with van der Waals surface area (Å²) in [5.41, 5.74) is 1.42. The zero-order chi connectivity index (χ0) is 11.7. The minimum Gasteiger partial charge on any atom is -0.507 e. The minimum absolute atomic E-state index is 0.105. The highest BCUT2D eigenvalue weighted by Crippen LogP contribution is 2.30. The zero-order valence-corrected chi connectivity index (χ0v) is 9.30. The number of phenolic OH excluding ortho intramolecular Hbond substituents is 1. The van der Waals surface area contributed by atoms with Crippen LogP contribution >= 0.6 is 0 Å². The fraction of sp³-hybridized carbons (Fsp3) is 0.500. The van der Waals surface area contributed by atoms with Gasteiger partial charge in [0.15, 0.2) is 0 Å². The molecular formula is C12H17NO3. The standard InChI is InChI=1S/C12H17NO3/c1-8(14)11-3-2-9(6-12(11)16)13-5-4-10(15)7-13/h2-3,6,8,10,14-16H,4-5,7H2,1H3. The van der Waals surface area contributed by atoms with Gasteiger partial charge < -0.3 is 20.2 Å². The van der Waals surface area contributed by atoms with Gasteiger partial charge in [0.1, 0.15) is 5.75 Å². The number of hydrogen-bond donors (Lipinski definition) is 3. The molecule has 1 fully saturated rings. The molecule has 0 saturated carbocycles. The van der Waals surface area contributed by atoms with Gasteiger partial charge in [-0.2, -0.15) is 0 Å². The monoisotopic (exact) mass is 223 g/mol. The molecular weight excluding hydrogens is 206 g/mol. The van der Waals surface area contributed by atoms with Crippen LogP contribution in [0.3, 0.4) is 0 Å². The lowest BCUT2D eigenvalue weighted by Crippen LogP contribution is -2.21. The molecule has 0 aliphatic carbocycles. The number of β-amino-alcohol motifs (C(OH)–C–C–N with tert-alkyl or cyclic N) is 1. The Morgan fingerprint density at radius 3 is 2.69 bits per heavy atom. The maximum absolute atomic E-state index is 9.74. The Bertz CT molecular complexity index is 379. The summed E-state index contributed by atoms with van der Waals surface area (Å²) in [6.07, 6.45) is -0.185. The number of rotatable bonds is 2. The lowest BCUT2D eigenvalue weighted by molar-refractivity contribution is 0.194. The normalized spacial score (nSPS) is 22.4. The Kier molecular flexibility index (Phi) is 3.03. The number of anilines is 1. The van der Waals surface area contributed by atoms with E-state index in [2.05, 4.69) is 0 Å². The van der Waals surface area contributed by atoms with Gasteiger partial charge in [-0.15, -0.1) is 0 Å². The third kappa shape index (κ3) is 2.13. The number of aliphatic hydroxyl groups excluding tert-OH is 2. The third-order valence-corrected chi connectivity index (χ3v) is 2.99. The Morgan fingerprint density at radius 2 is 2.19 bits per heavy atom. The smallest absolute Gasteiger partial charge is 0.123 e. The van der Waals surface area contributed by atoms with Crippen molar-refractivity contribution >= 4 is 5.69 Å². The van der Waals surface area contributed by atoms with E-state index in [0.717, 1.165) is 18.7 Å². The van der Waals surface area contributed by atoms with Gasteiger partial charge in [0.05, 0.1) is 12.2 Å². The second kappa shape index (κ2) is 4.31. The van der Waals surface area contributed by atoms with E-state index in [4.69, 9.17) is 0 Å². The van der Waals surface area contributed by atoms with Crippen LogP contribution in [0.2, 0.25) is 0 Å². The SMILES string of the molecule is CC(O)c1ccc(N2CCC(O)C2)cc1O. The first-order valence-electron chi connectivity index (χ1n) is 5.52. The lowest BCUT2D eigenvalue weighted by atomic mass is 10.1. The largest absolute Gasteiger partial charge is 0.507 e. The molecule has 1 saturated heterocycles. The van der Waals surface area contributed by atoms with E-state index in [1.54, 1.807) is 19.1 Å². The Balaban J connectivity index is 2.21. The van der Waals surface area contributed by atoms with E-state index < -0.39 is 6.10 Å². The van der Waals surface area contributed by atoms with Crippen molar-refractivity contribution in [2.24, 2.45) is 0 Å². The third-order valence-electron chi connectivity index (χ3n) is 2.99. The highest BCUT2D eigenvalue weighted by Gasteiger charge is 2.21. The van der Waals surface area contributed by atoms with Crippen LogP contribution in [-0.2, 0) is 0 Å². The maximum atomic E-state index is 9.74. The Labute approximate surface area is 94.8 Å². The van der Waals surface area contributed by atoms with Crippen molar-refractivity contribution in [3.8, 4) is 5.75 Å². The molecule has 4 heteroatoms. The molecule has 0 amide bonds. The average Bonchev–Trinajstić information content (AvgIpc) is 2.64. The molecule has 2 rings (SSSR count). The molecule has 2 atom stereocenters. The van der Waals surface area contributed by atoms with Crippen molar-refractivity contribution in [3.63, 3.8) is 0 Å². The quantitative estimate of drug-likeness (QED) is 0.700. The number of phenols is 1. The van der Waals surface area contributed by atoms with E-state index in [-0.39, 0.29) is 11.9 Å². The van der Waals surface area contributed by atoms with E-state index in [1.165, 1.54) is 0 Å². The first-order valence-corrected chi connectivity index (χ1v) is 5.52. The predicted molar refractivity (Wildman–Crippen MR) is 61.6 cm³/mol. The summed E-state index contributed by atoms with van der Waals surface area (Å²) in [4.78, 5) is 2.02. The van der Waals surface area contributed by atoms with Crippen LogP contribution in [0, 0.1) is 0 Å². The molecule has 1 aliphatic rings. The minimum atomic E-state index is -0.668. The summed E-state index contributed by atoms with van der Waals surface area (Å²) in [7, 11) is 0. The summed E-state index contributed by atoms with van der Waals surface area (Å²) in [5, 5.41) is 28.6. The Morgan fingerprint density at radius 1 is 1.44 bits per heavy atom. The van der Waals surface area contributed by atoms with Crippen molar-refractivity contribution in [2.45, 2.75) is 25.6 Å². The molecule has 1 aromatic carbocycles. The molecule has 1 aromatic rings. The van der Waals surface area contributed by atoms with Crippen molar-refractivity contribution in [1.29, 1.82) is 0 Å². The van der Waals surface area contributed by atoms with E-state index in [0.29, 0.717) is 12.1 Å². The second-order valence-corrected chi connectivity index (χ2v) is 4.31. The van der Waals surface area contributed by atoms with Gasteiger partial charge in [-0.25, -0.2) is 0 Å². The van der Waals surface area contributed by atoms with Gasteiger partial charge in [0, 0.05) is 30.4 Å². The number of hydrogen-bond acceptors (Lipinski definition) is 4. The Hall–Kier alpha value is -1.26. The van der Waals surface area contributed by atoms with Crippen LogP contribution in [0.15, 0.2) is 18.2 Å². The fourth-order valence-electron chi connectivity index (χ4n) is 2.06. The topological polar surface area (TPSA) is 63.9 Å². The highest BCUT2D eigenvalue weighted by atomic mass is 16.3. The van der Waals surface area contributed by atoms with Crippen molar-refractivity contribution in [1.82, 2.24) is 0 Å². The molecule has 0 aromatic heterocycles. The summed E-state index contributed by atoms with van der Waals surface area (Å²) >= 11 is 0. The number of nitrogens with zero attached hydrogens (tertiary/aromatic N) is 1. The average molecular weight is 223 g/mol. The van der Waals surface area contributed by atoms with Crippen LogP contribution in [0.1, 0.15) is 25.0 Å². The molecule has 2 unspecified atom stereocenters. The fourth-order valence-corrected chi connectivity index (χ4v) is 2.06. The van der Waals surface area contributed by atoms with Crippen LogP contribution in [0.25, 0.3) is 0 Å². The summed E-state index contributed by atoms with van der Waals surface area (Å²) in [6, 6.07) is 5.22. The number of benzene rings is 1. The van der Waals surface area contributed by atoms with Crippen LogP contribution in [0.4, 0.5) is 5.69 Å². The van der Waals surface area contributed by atoms with Gasteiger partial charge >= 0.3 is 0 Å².